The van der Waals surface area contributed by atoms with E-state index in [-0.39, 0.29) is 0 Å². The maximum atomic E-state index is 5.92. The lowest BCUT2D eigenvalue weighted by atomic mass is 10.1. The molecule has 6 heteroatoms. The number of nitrogen functional groups attached to an aromatic ring is 1. The van der Waals surface area contributed by atoms with Crippen LogP contribution in [-0.4, -0.2) is 47.6 Å². The van der Waals surface area contributed by atoms with Crippen molar-refractivity contribution >= 4 is 23.1 Å². The van der Waals surface area contributed by atoms with E-state index in [1.807, 2.05) is 0 Å². The van der Waals surface area contributed by atoms with Gasteiger partial charge in [0.25, 0.3) is 0 Å². The highest BCUT2D eigenvalue weighted by Gasteiger charge is 2.25. The first-order valence-corrected chi connectivity index (χ1v) is 6.22. The lowest BCUT2D eigenvalue weighted by molar-refractivity contribution is 0.213. The second kappa shape index (κ2) is 5.06. The van der Waals surface area contributed by atoms with Gasteiger partial charge in [-0.3, -0.25) is 4.90 Å². The molecule has 0 bridgehead atoms. The van der Waals surface area contributed by atoms with Crippen LogP contribution >= 0.6 is 11.6 Å². The van der Waals surface area contributed by atoms with Crippen molar-refractivity contribution in [1.29, 1.82) is 0 Å². The highest BCUT2D eigenvalue weighted by Crippen LogP contribution is 2.27. The summed E-state index contributed by atoms with van der Waals surface area (Å²) in [6, 6.07) is 0.539. The topological polar surface area (TPSA) is 58.3 Å². The van der Waals surface area contributed by atoms with E-state index in [2.05, 4.69) is 33.7 Å². The molecule has 0 saturated carbocycles. The van der Waals surface area contributed by atoms with Crippen molar-refractivity contribution in [3.63, 3.8) is 0 Å². The van der Waals surface area contributed by atoms with Gasteiger partial charge in [0.05, 0.1) is 0 Å². The van der Waals surface area contributed by atoms with Gasteiger partial charge in [0, 0.05) is 25.7 Å². The molecular formula is C11H18ClN5. The molecule has 2 rings (SSSR count). The van der Waals surface area contributed by atoms with E-state index in [1.54, 1.807) is 0 Å². The fraction of sp³-hybridized carbons (Fsp3) is 0.636. The molecule has 1 aliphatic heterocycles. The minimum Gasteiger partial charge on any atom is -0.393 e. The number of nitrogens with two attached hydrogens (primary N) is 1. The third kappa shape index (κ3) is 2.45. The fourth-order valence-corrected chi connectivity index (χ4v) is 2.32. The van der Waals surface area contributed by atoms with E-state index < -0.39 is 0 Å². The van der Waals surface area contributed by atoms with E-state index in [0.717, 1.165) is 31.9 Å². The first-order valence-electron chi connectivity index (χ1n) is 5.84. The number of aromatic nitrogens is 2. The number of piperazine rings is 1. The first-order chi connectivity index (χ1) is 8.13. The van der Waals surface area contributed by atoms with Crippen molar-refractivity contribution in [3.8, 4) is 0 Å². The molecule has 1 aliphatic rings. The van der Waals surface area contributed by atoms with Crippen LogP contribution in [0, 0.1) is 0 Å². The van der Waals surface area contributed by atoms with Gasteiger partial charge in [-0.2, -0.15) is 0 Å². The van der Waals surface area contributed by atoms with Gasteiger partial charge in [0.1, 0.15) is 12.0 Å². The molecule has 2 heterocycles. The summed E-state index contributed by atoms with van der Waals surface area (Å²) in [4.78, 5) is 12.7. The summed E-state index contributed by atoms with van der Waals surface area (Å²) in [5, 5.41) is 0.335. The van der Waals surface area contributed by atoms with Gasteiger partial charge in [-0.15, -0.1) is 0 Å². The van der Waals surface area contributed by atoms with Crippen LogP contribution in [0.2, 0.25) is 5.15 Å². The van der Waals surface area contributed by atoms with E-state index in [0.29, 0.717) is 16.9 Å². The summed E-state index contributed by atoms with van der Waals surface area (Å²) in [6.07, 6.45) is 2.58. The van der Waals surface area contributed by atoms with Crippen LogP contribution in [0.5, 0.6) is 0 Å². The van der Waals surface area contributed by atoms with E-state index in [9.17, 15) is 0 Å². The van der Waals surface area contributed by atoms with Crippen LogP contribution in [0.15, 0.2) is 6.33 Å². The van der Waals surface area contributed by atoms with Crippen LogP contribution in [0.25, 0.3) is 0 Å². The van der Waals surface area contributed by atoms with Crippen LogP contribution in [0.3, 0.4) is 0 Å². The lowest BCUT2D eigenvalue weighted by Crippen LogP contribution is -2.51. The molecule has 0 aromatic carbocycles. The molecule has 0 amide bonds. The minimum absolute atomic E-state index is 0.335. The molecule has 94 valence electrons. The third-order valence-corrected chi connectivity index (χ3v) is 3.66. The van der Waals surface area contributed by atoms with Crippen molar-refractivity contribution in [3.05, 3.63) is 11.5 Å². The Hall–Kier alpha value is -1.07. The Bertz CT molecular complexity index is 397. The summed E-state index contributed by atoms with van der Waals surface area (Å²) in [7, 11) is 2.15. The molecule has 1 aromatic heterocycles. The molecule has 1 unspecified atom stereocenters. The standard InChI is InChI=1S/C11H18ClN5/c1-3-8-6-17(5-4-16(8)2)11-9(13)10(12)14-7-15-11/h7-8H,3-6,13H2,1-2H3. The zero-order chi connectivity index (χ0) is 12.4. The Kier molecular flexibility index (Phi) is 3.69. The molecule has 0 spiro atoms. The Labute approximate surface area is 107 Å². The number of hydrogen-bond acceptors (Lipinski definition) is 5. The van der Waals surface area contributed by atoms with Gasteiger partial charge >= 0.3 is 0 Å². The summed E-state index contributed by atoms with van der Waals surface area (Å²) >= 11 is 5.92. The molecule has 17 heavy (non-hydrogen) atoms. The summed E-state index contributed by atoms with van der Waals surface area (Å²) < 4.78 is 0. The summed E-state index contributed by atoms with van der Waals surface area (Å²) in [5.41, 5.74) is 6.40. The maximum absolute atomic E-state index is 5.92. The lowest BCUT2D eigenvalue weighted by Gasteiger charge is -2.39. The largest absolute Gasteiger partial charge is 0.393 e. The molecule has 5 nitrogen and oxygen atoms in total. The monoisotopic (exact) mass is 255 g/mol. The molecule has 1 saturated heterocycles. The second-order valence-corrected chi connectivity index (χ2v) is 4.75. The molecule has 1 aromatic rings. The molecule has 1 fully saturated rings. The zero-order valence-corrected chi connectivity index (χ0v) is 11.0. The van der Waals surface area contributed by atoms with Gasteiger partial charge in [-0.25, -0.2) is 9.97 Å². The van der Waals surface area contributed by atoms with Crippen LogP contribution < -0.4 is 10.6 Å². The predicted molar refractivity (Wildman–Crippen MR) is 70.4 cm³/mol. The Morgan fingerprint density at radius 3 is 2.94 bits per heavy atom. The maximum Gasteiger partial charge on any atom is 0.157 e. The summed E-state index contributed by atoms with van der Waals surface area (Å²) in [6.45, 7) is 5.07. The molecule has 1 atom stereocenters. The minimum atomic E-state index is 0.335. The first kappa shape index (κ1) is 12.4. The van der Waals surface area contributed by atoms with Gasteiger partial charge < -0.3 is 10.6 Å². The zero-order valence-electron chi connectivity index (χ0n) is 10.2. The van der Waals surface area contributed by atoms with E-state index >= 15 is 0 Å². The SMILES string of the molecule is CCC1CN(c2ncnc(Cl)c2N)CCN1C. The molecule has 2 N–H and O–H groups in total. The van der Waals surface area contributed by atoms with Gasteiger partial charge in [0.15, 0.2) is 11.0 Å². The normalized spacial score (nSPS) is 21.8. The van der Waals surface area contributed by atoms with Crippen LogP contribution in [0.1, 0.15) is 13.3 Å². The summed E-state index contributed by atoms with van der Waals surface area (Å²) in [5.74, 6) is 0.761. The van der Waals surface area contributed by atoms with Crippen LogP contribution in [-0.2, 0) is 0 Å². The van der Waals surface area contributed by atoms with Gasteiger partial charge in [-0.1, -0.05) is 18.5 Å². The number of nitrogens with zero attached hydrogens (tertiary/aromatic N) is 4. The second-order valence-electron chi connectivity index (χ2n) is 4.39. The molecular weight excluding hydrogens is 238 g/mol. The Morgan fingerprint density at radius 1 is 1.47 bits per heavy atom. The Balaban J connectivity index is 2.20. The van der Waals surface area contributed by atoms with Crippen molar-refractivity contribution in [2.75, 3.05) is 37.3 Å². The average molecular weight is 256 g/mol. The van der Waals surface area contributed by atoms with Crippen molar-refractivity contribution in [1.82, 2.24) is 14.9 Å². The number of likely N-dealkylation sites (N-methyl/N-ethyl adjacent to an activating group) is 1. The average Bonchev–Trinajstić information content (AvgIpc) is 2.34. The van der Waals surface area contributed by atoms with E-state index in [1.165, 1.54) is 6.33 Å². The third-order valence-electron chi connectivity index (χ3n) is 3.36. The Morgan fingerprint density at radius 2 is 2.24 bits per heavy atom. The number of anilines is 2. The fourth-order valence-electron chi connectivity index (χ4n) is 2.20. The molecule has 0 radical (unpaired) electrons. The van der Waals surface area contributed by atoms with Crippen molar-refractivity contribution in [2.24, 2.45) is 0 Å². The van der Waals surface area contributed by atoms with E-state index in [4.69, 9.17) is 17.3 Å². The van der Waals surface area contributed by atoms with Crippen molar-refractivity contribution in [2.45, 2.75) is 19.4 Å². The number of halogens is 1. The number of rotatable bonds is 2. The van der Waals surface area contributed by atoms with Gasteiger partial charge in [-0.05, 0) is 13.5 Å². The smallest absolute Gasteiger partial charge is 0.157 e. The van der Waals surface area contributed by atoms with Crippen molar-refractivity contribution < 1.29 is 0 Å². The van der Waals surface area contributed by atoms with Gasteiger partial charge in [0.2, 0.25) is 0 Å². The molecule has 0 aliphatic carbocycles. The number of hydrogen-bond donors (Lipinski definition) is 1. The predicted octanol–water partition coefficient (Wildman–Crippen LogP) is 1.24. The quantitative estimate of drug-likeness (QED) is 0.806. The van der Waals surface area contributed by atoms with Crippen LogP contribution in [0.4, 0.5) is 11.5 Å². The highest BCUT2D eigenvalue weighted by atomic mass is 35.5. The highest BCUT2D eigenvalue weighted by molar-refractivity contribution is 6.32.